The molecule has 4 aliphatic carbocycles. The average molecular weight is 275 g/mol. The Bertz CT molecular complexity index is 391. The van der Waals surface area contributed by atoms with Crippen LogP contribution in [0.5, 0.6) is 0 Å². The summed E-state index contributed by atoms with van der Waals surface area (Å²) in [7, 11) is 0. The molecule has 0 aliphatic heterocycles. The molecule has 7 atom stereocenters. The summed E-state index contributed by atoms with van der Waals surface area (Å²) in [4.78, 5) is 0. The molecule has 4 fully saturated rings. The molecule has 2 unspecified atom stereocenters. The minimum atomic E-state index is 0.492. The summed E-state index contributed by atoms with van der Waals surface area (Å²) in [5.74, 6) is 4.10. The molecule has 0 saturated heterocycles. The Morgan fingerprint density at radius 1 is 0.850 bits per heavy atom. The summed E-state index contributed by atoms with van der Waals surface area (Å²) in [6.45, 7) is 5.24. The first-order chi connectivity index (χ1) is 9.53. The minimum absolute atomic E-state index is 0.492. The molecule has 114 valence electrons. The largest absolute Gasteiger partial charge is 0.328 e. The van der Waals surface area contributed by atoms with Crippen LogP contribution in [-0.2, 0) is 0 Å². The van der Waals surface area contributed by atoms with Gasteiger partial charge in [-0.1, -0.05) is 20.3 Å². The van der Waals surface area contributed by atoms with E-state index in [2.05, 4.69) is 13.8 Å². The molecule has 0 heterocycles. The van der Waals surface area contributed by atoms with Crippen molar-refractivity contribution in [2.75, 3.05) is 0 Å². The van der Waals surface area contributed by atoms with E-state index in [9.17, 15) is 0 Å². The van der Waals surface area contributed by atoms with Crippen LogP contribution in [0.2, 0.25) is 0 Å². The zero-order chi connectivity index (χ0) is 14.0. The fourth-order valence-electron chi connectivity index (χ4n) is 7.40. The second kappa shape index (κ2) is 4.48. The number of nitrogens with two attached hydrogens (primary N) is 1. The van der Waals surface area contributed by atoms with Crippen LogP contribution >= 0.6 is 0 Å². The molecule has 0 aromatic heterocycles. The van der Waals surface area contributed by atoms with Crippen LogP contribution in [0.4, 0.5) is 0 Å². The third-order valence-corrected chi connectivity index (χ3v) is 8.43. The van der Waals surface area contributed by atoms with E-state index in [0.29, 0.717) is 16.9 Å². The van der Waals surface area contributed by atoms with E-state index in [1.807, 2.05) is 0 Å². The van der Waals surface area contributed by atoms with E-state index in [-0.39, 0.29) is 0 Å². The van der Waals surface area contributed by atoms with Gasteiger partial charge in [-0.25, -0.2) is 0 Å². The summed E-state index contributed by atoms with van der Waals surface area (Å²) >= 11 is 0. The molecule has 0 aromatic rings. The Balaban J connectivity index is 1.64. The van der Waals surface area contributed by atoms with Crippen molar-refractivity contribution in [1.29, 1.82) is 0 Å². The lowest BCUT2D eigenvalue weighted by Gasteiger charge is -2.60. The number of fused-ring (bicyclic) bond motifs is 5. The zero-order valence-corrected chi connectivity index (χ0v) is 13.5. The van der Waals surface area contributed by atoms with Gasteiger partial charge in [-0.15, -0.1) is 0 Å². The van der Waals surface area contributed by atoms with Gasteiger partial charge < -0.3 is 5.73 Å². The van der Waals surface area contributed by atoms with E-state index in [1.165, 1.54) is 57.8 Å². The van der Waals surface area contributed by atoms with Crippen molar-refractivity contribution in [2.45, 2.75) is 84.1 Å². The van der Waals surface area contributed by atoms with Gasteiger partial charge in [0.2, 0.25) is 0 Å². The highest BCUT2D eigenvalue weighted by Crippen LogP contribution is 2.65. The van der Waals surface area contributed by atoms with E-state index in [0.717, 1.165) is 23.7 Å². The lowest BCUT2D eigenvalue weighted by atomic mass is 9.45. The van der Waals surface area contributed by atoms with Crippen LogP contribution in [-0.4, -0.2) is 6.04 Å². The molecular formula is C19H33N. The maximum Gasteiger partial charge on any atom is 0.00443 e. The monoisotopic (exact) mass is 275 g/mol. The van der Waals surface area contributed by atoms with Crippen molar-refractivity contribution in [2.24, 2.45) is 40.2 Å². The Labute approximate surface area is 125 Å². The molecule has 2 N–H and O–H groups in total. The summed E-state index contributed by atoms with van der Waals surface area (Å²) in [6.07, 6.45) is 14.7. The maximum atomic E-state index is 6.38. The summed E-state index contributed by atoms with van der Waals surface area (Å²) in [5, 5.41) is 0. The summed E-state index contributed by atoms with van der Waals surface area (Å²) in [6, 6.07) is 0.492. The Morgan fingerprint density at radius 3 is 2.50 bits per heavy atom. The molecule has 1 nitrogen and oxygen atoms in total. The molecule has 0 spiro atoms. The second-order valence-corrected chi connectivity index (χ2v) is 9.28. The highest BCUT2D eigenvalue weighted by molar-refractivity contribution is 5.07. The number of hydrogen-bond acceptors (Lipinski definition) is 1. The minimum Gasteiger partial charge on any atom is -0.328 e. The quantitative estimate of drug-likeness (QED) is 0.678. The highest BCUT2D eigenvalue weighted by Gasteiger charge is 2.57. The van der Waals surface area contributed by atoms with E-state index in [4.69, 9.17) is 5.73 Å². The number of rotatable bonds is 0. The van der Waals surface area contributed by atoms with Crippen molar-refractivity contribution in [3.8, 4) is 0 Å². The smallest absolute Gasteiger partial charge is 0.00443 e. The standard InChI is InChI=1S/C19H33N/c1-18-10-3-4-16(18)15-8-6-13-5-7-14(20)12-19(13,2)17(15)9-11-18/h13-17H,3-12,20H2,1-2H3/t13?,14?,15-,16-,17+,18-,19-/m0/s1. The molecule has 0 radical (unpaired) electrons. The molecule has 4 aliphatic rings. The van der Waals surface area contributed by atoms with E-state index < -0.39 is 0 Å². The maximum absolute atomic E-state index is 6.38. The van der Waals surface area contributed by atoms with Crippen LogP contribution in [0.25, 0.3) is 0 Å². The van der Waals surface area contributed by atoms with Crippen LogP contribution in [0.1, 0.15) is 78.1 Å². The van der Waals surface area contributed by atoms with Crippen molar-refractivity contribution in [3.63, 3.8) is 0 Å². The van der Waals surface area contributed by atoms with Crippen molar-refractivity contribution in [1.82, 2.24) is 0 Å². The van der Waals surface area contributed by atoms with Crippen LogP contribution in [0.3, 0.4) is 0 Å². The first-order valence-corrected chi connectivity index (χ1v) is 9.28. The third-order valence-electron chi connectivity index (χ3n) is 8.43. The zero-order valence-electron chi connectivity index (χ0n) is 13.5. The number of hydrogen-bond donors (Lipinski definition) is 1. The fraction of sp³-hybridized carbons (Fsp3) is 1.00. The van der Waals surface area contributed by atoms with Crippen molar-refractivity contribution < 1.29 is 0 Å². The van der Waals surface area contributed by atoms with Gasteiger partial charge in [0.25, 0.3) is 0 Å². The van der Waals surface area contributed by atoms with Crippen molar-refractivity contribution >= 4 is 0 Å². The molecule has 1 heteroatoms. The van der Waals surface area contributed by atoms with Gasteiger partial charge in [0.15, 0.2) is 0 Å². The molecule has 4 saturated carbocycles. The Kier molecular flexibility index (Phi) is 3.05. The van der Waals surface area contributed by atoms with E-state index >= 15 is 0 Å². The molecule has 0 aromatic carbocycles. The summed E-state index contributed by atoms with van der Waals surface area (Å²) < 4.78 is 0. The summed E-state index contributed by atoms with van der Waals surface area (Å²) in [5.41, 5.74) is 7.68. The van der Waals surface area contributed by atoms with Gasteiger partial charge in [-0.3, -0.25) is 0 Å². The molecule has 0 bridgehead atoms. The molecular weight excluding hydrogens is 242 g/mol. The van der Waals surface area contributed by atoms with Crippen LogP contribution in [0, 0.1) is 34.5 Å². The predicted molar refractivity (Wildman–Crippen MR) is 84.3 cm³/mol. The first kappa shape index (κ1) is 13.6. The Morgan fingerprint density at radius 2 is 1.65 bits per heavy atom. The van der Waals surface area contributed by atoms with Crippen molar-refractivity contribution in [3.05, 3.63) is 0 Å². The topological polar surface area (TPSA) is 26.0 Å². The van der Waals surface area contributed by atoms with Gasteiger partial charge in [-0.2, -0.15) is 0 Å². The normalized spacial score (nSPS) is 58.6. The Hall–Kier alpha value is -0.0400. The predicted octanol–water partition coefficient (Wildman–Crippen LogP) is 4.75. The lowest BCUT2D eigenvalue weighted by Crippen LogP contribution is -2.54. The molecule has 20 heavy (non-hydrogen) atoms. The van der Waals surface area contributed by atoms with Gasteiger partial charge in [-0.05, 0) is 92.3 Å². The second-order valence-electron chi connectivity index (χ2n) is 9.28. The first-order valence-electron chi connectivity index (χ1n) is 9.28. The van der Waals surface area contributed by atoms with Crippen LogP contribution < -0.4 is 5.73 Å². The highest BCUT2D eigenvalue weighted by atomic mass is 14.7. The molecule has 0 amide bonds. The van der Waals surface area contributed by atoms with E-state index in [1.54, 1.807) is 6.42 Å². The van der Waals surface area contributed by atoms with Gasteiger partial charge in [0.1, 0.15) is 0 Å². The average Bonchev–Trinajstić information content (AvgIpc) is 2.79. The van der Waals surface area contributed by atoms with Gasteiger partial charge in [0.05, 0.1) is 0 Å². The fourth-order valence-corrected chi connectivity index (χ4v) is 7.40. The SMILES string of the molecule is C[C@@]12CCC[C@H]1[C@@H]1CCC3CCC(N)C[C@]3(C)[C@@H]1CC2. The van der Waals surface area contributed by atoms with Gasteiger partial charge in [0, 0.05) is 6.04 Å². The third kappa shape index (κ3) is 1.77. The van der Waals surface area contributed by atoms with Crippen LogP contribution in [0.15, 0.2) is 0 Å². The lowest BCUT2D eigenvalue weighted by molar-refractivity contribution is -0.106. The molecule has 4 rings (SSSR count). The van der Waals surface area contributed by atoms with Gasteiger partial charge >= 0.3 is 0 Å².